The molecular formula is C17H23N5O4. The molecule has 4 amide bonds. The van der Waals surface area contributed by atoms with Crippen LogP contribution in [0.1, 0.15) is 24.3 Å². The van der Waals surface area contributed by atoms with E-state index in [1.807, 2.05) is 13.8 Å². The summed E-state index contributed by atoms with van der Waals surface area (Å²) in [4.78, 5) is 50.6. The van der Waals surface area contributed by atoms with Crippen molar-refractivity contribution < 1.29 is 19.1 Å². The van der Waals surface area contributed by atoms with Crippen LogP contribution in [0.4, 0.5) is 4.79 Å². The molecule has 2 saturated heterocycles. The van der Waals surface area contributed by atoms with Crippen molar-refractivity contribution in [1.82, 2.24) is 24.7 Å². The predicted octanol–water partition coefficient (Wildman–Crippen LogP) is 0.238. The van der Waals surface area contributed by atoms with Crippen molar-refractivity contribution in [2.45, 2.75) is 19.9 Å². The molecule has 2 aliphatic heterocycles. The number of carbonyl (C=O) groups is 3. The van der Waals surface area contributed by atoms with Gasteiger partial charge in [0.15, 0.2) is 0 Å². The number of carbonyl (C=O) groups excluding carboxylic acids is 3. The second kappa shape index (κ2) is 6.99. The number of nitrogens with zero attached hydrogens (tertiary/aromatic N) is 5. The molecule has 0 aromatic carbocycles. The highest BCUT2D eigenvalue weighted by Gasteiger charge is 2.50. The van der Waals surface area contributed by atoms with Crippen molar-refractivity contribution in [2.75, 3.05) is 39.9 Å². The standard InChI is InChI=1S/C17H23N5O4/c1-17(2)9-20(14(23)12-4-5-18-11-19-12)8-13-15(24)21(6-7-26-3)16(25)22(13)10-17/h4-5,11,13H,6-10H2,1-3H3. The van der Waals surface area contributed by atoms with Gasteiger partial charge in [-0.3, -0.25) is 14.5 Å². The minimum absolute atomic E-state index is 0.153. The predicted molar refractivity (Wildman–Crippen MR) is 91.2 cm³/mol. The van der Waals surface area contributed by atoms with Crippen molar-refractivity contribution in [1.29, 1.82) is 0 Å². The van der Waals surface area contributed by atoms with E-state index in [4.69, 9.17) is 4.74 Å². The zero-order valence-corrected chi connectivity index (χ0v) is 15.2. The van der Waals surface area contributed by atoms with E-state index in [1.54, 1.807) is 15.9 Å². The van der Waals surface area contributed by atoms with Crippen LogP contribution in [0.3, 0.4) is 0 Å². The van der Waals surface area contributed by atoms with Gasteiger partial charge < -0.3 is 14.5 Å². The molecule has 3 heterocycles. The maximum atomic E-state index is 12.9. The van der Waals surface area contributed by atoms with Gasteiger partial charge in [-0.2, -0.15) is 0 Å². The molecule has 0 saturated carbocycles. The highest BCUT2D eigenvalue weighted by atomic mass is 16.5. The number of imide groups is 1. The third-order valence-electron chi connectivity index (χ3n) is 4.62. The Hall–Kier alpha value is -2.55. The number of ether oxygens (including phenoxy) is 1. The first-order valence-corrected chi connectivity index (χ1v) is 8.50. The van der Waals surface area contributed by atoms with E-state index >= 15 is 0 Å². The lowest BCUT2D eigenvalue weighted by atomic mass is 9.92. The van der Waals surface area contributed by atoms with Gasteiger partial charge in [-0.15, -0.1) is 0 Å². The van der Waals surface area contributed by atoms with Crippen molar-refractivity contribution >= 4 is 17.8 Å². The minimum atomic E-state index is -0.674. The molecule has 2 fully saturated rings. The van der Waals surface area contributed by atoms with Crippen LogP contribution in [0.25, 0.3) is 0 Å². The summed E-state index contributed by atoms with van der Waals surface area (Å²) in [5.74, 6) is -0.553. The zero-order valence-electron chi connectivity index (χ0n) is 15.2. The maximum Gasteiger partial charge on any atom is 0.327 e. The smallest absolute Gasteiger partial charge is 0.327 e. The highest BCUT2D eigenvalue weighted by Crippen LogP contribution is 2.30. The monoisotopic (exact) mass is 361 g/mol. The number of fused-ring (bicyclic) bond motifs is 1. The number of amides is 4. The molecule has 3 rings (SSSR count). The summed E-state index contributed by atoms with van der Waals surface area (Å²) in [6, 6.07) is 0.554. The molecule has 1 unspecified atom stereocenters. The summed E-state index contributed by atoms with van der Waals surface area (Å²) < 4.78 is 4.99. The normalized spacial score (nSPS) is 22.4. The van der Waals surface area contributed by atoms with Crippen LogP contribution in [0, 0.1) is 5.41 Å². The van der Waals surface area contributed by atoms with E-state index in [1.165, 1.54) is 24.5 Å². The van der Waals surface area contributed by atoms with Crippen molar-refractivity contribution in [3.63, 3.8) is 0 Å². The molecule has 1 aromatic rings. The van der Waals surface area contributed by atoms with E-state index in [-0.39, 0.29) is 48.7 Å². The lowest BCUT2D eigenvalue weighted by molar-refractivity contribution is -0.128. The van der Waals surface area contributed by atoms with Gasteiger partial charge in [-0.25, -0.2) is 14.8 Å². The van der Waals surface area contributed by atoms with Crippen LogP contribution in [0.5, 0.6) is 0 Å². The fourth-order valence-electron chi connectivity index (χ4n) is 3.47. The first kappa shape index (κ1) is 18.2. The summed E-state index contributed by atoms with van der Waals surface area (Å²) >= 11 is 0. The fraction of sp³-hybridized carbons (Fsp3) is 0.588. The largest absolute Gasteiger partial charge is 0.383 e. The molecule has 0 N–H and O–H groups in total. The second-order valence-corrected chi connectivity index (χ2v) is 7.35. The third-order valence-corrected chi connectivity index (χ3v) is 4.62. The number of rotatable bonds is 4. The van der Waals surface area contributed by atoms with Gasteiger partial charge in [-0.1, -0.05) is 13.8 Å². The molecule has 26 heavy (non-hydrogen) atoms. The Labute approximate surface area is 151 Å². The number of urea groups is 1. The SMILES string of the molecule is COCCN1C(=O)C2CN(C(=O)c3ccncn3)CC(C)(C)CN2C1=O. The van der Waals surface area contributed by atoms with Gasteiger partial charge in [0.25, 0.3) is 11.8 Å². The Morgan fingerprint density at radius 3 is 2.77 bits per heavy atom. The van der Waals surface area contributed by atoms with Crippen LogP contribution in [-0.4, -0.2) is 88.5 Å². The van der Waals surface area contributed by atoms with E-state index in [9.17, 15) is 14.4 Å². The van der Waals surface area contributed by atoms with Crippen molar-refractivity contribution in [3.8, 4) is 0 Å². The van der Waals surface area contributed by atoms with E-state index < -0.39 is 6.04 Å². The van der Waals surface area contributed by atoms with Crippen LogP contribution in [0.2, 0.25) is 0 Å². The molecule has 0 aliphatic carbocycles. The number of methoxy groups -OCH3 is 1. The molecule has 0 bridgehead atoms. The molecule has 9 heteroatoms. The quantitative estimate of drug-likeness (QED) is 0.713. The Bertz CT molecular complexity index is 708. The zero-order chi connectivity index (χ0) is 18.9. The van der Waals surface area contributed by atoms with Gasteiger partial charge in [0, 0.05) is 31.8 Å². The van der Waals surface area contributed by atoms with Crippen molar-refractivity contribution in [3.05, 3.63) is 24.3 Å². The average Bonchev–Trinajstić information content (AvgIpc) is 2.75. The van der Waals surface area contributed by atoms with Crippen LogP contribution < -0.4 is 0 Å². The molecule has 0 radical (unpaired) electrons. The third kappa shape index (κ3) is 3.39. The molecule has 1 atom stereocenters. The Kier molecular flexibility index (Phi) is 4.90. The maximum absolute atomic E-state index is 12.9. The van der Waals surface area contributed by atoms with Gasteiger partial charge in [-0.05, 0) is 6.07 Å². The first-order valence-electron chi connectivity index (χ1n) is 8.50. The Balaban J connectivity index is 1.87. The van der Waals surface area contributed by atoms with E-state index in [0.717, 1.165) is 0 Å². The Morgan fingerprint density at radius 1 is 1.35 bits per heavy atom. The highest BCUT2D eigenvalue weighted by molar-refractivity contribution is 6.05. The van der Waals surface area contributed by atoms with Gasteiger partial charge in [0.05, 0.1) is 19.7 Å². The first-order chi connectivity index (χ1) is 12.3. The lowest BCUT2D eigenvalue weighted by Gasteiger charge is -2.30. The van der Waals surface area contributed by atoms with Crippen LogP contribution in [-0.2, 0) is 9.53 Å². The Morgan fingerprint density at radius 2 is 2.12 bits per heavy atom. The fourth-order valence-corrected chi connectivity index (χ4v) is 3.47. The topological polar surface area (TPSA) is 95.9 Å². The summed E-state index contributed by atoms with van der Waals surface area (Å²) in [5.41, 5.74) is -0.0813. The summed E-state index contributed by atoms with van der Waals surface area (Å²) in [5, 5.41) is 0. The molecule has 0 spiro atoms. The van der Waals surface area contributed by atoms with E-state index in [0.29, 0.717) is 13.1 Å². The molecule has 9 nitrogen and oxygen atoms in total. The molecular weight excluding hydrogens is 338 g/mol. The summed E-state index contributed by atoms with van der Waals surface area (Å²) in [7, 11) is 1.52. The van der Waals surface area contributed by atoms with Gasteiger partial charge >= 0.3 is 6.03 Å². The summed E-state index contributed by atoms with van der Waals surface area (Å²) in [6.07, 6.45) is 2.82. The molecule has 1 aromatic heterocycles. The number of hydrogen-bond acceptors (Lipinski definition) is 6. The van der Waals surface area contributed by atoms with Gasteiger partial charge in [0.2, 0.25) is 0 Å². The lowest BCUT2D eigenvalue weighted by Crippen LogP contribution is -2.44. The second-order valence-electron chi connectivity index (χ2n) is 7.35. The number of aromatic nitrogens is 2. The van der Waals surface area contributed by atoms with Crippen LogP contribution in [0.15, 0.2) is 18.6 Å². The minimum Gasteiger partial charge on any atom is -0.383 e. The summed E-state index contributed by atoms with van der Waals surface area (Å²) in [6.45, 7) is 5.43. The van der Waals surface area contributed by atoms with Crippen LogP contribution >= 0.6 is 0 Å². The average molecular weight is 361 g/mol. The van der Waals surface area contributed by atoms with E-state index in [2.05, 4.69) is 9.97 Å². The molecule has 140 valence electrons. The van der Waals surface area contributed by atoms with Gasteiger partial charge in [0.1, 0.15) is 18.1 Å². The number of hydrogen-bond donors (Lipinski definition) is 0. The van der Waals surface area contributed by atoms with Crippen molar-refractivity contribution in [2.24, 2.45) is 5.41 Å². The molecule has 2 aliphatic rings.